The summed E-state index contributed by atoms with van der Waals surface area (Å²) in [6.07, 6.45) is 3.88. The zero-order valence-electron chi connectivity index (χ0n) is 15.4. The summed E-state index contributed by atoms with van der Waals surface area (Å²) in [6.45, 7) is 3.12. The molecule has 27 heavy (non-hydrogen) atoms. The van der Waals surface area contributed by atoms with E-state index in [1.165, 1.54) is 11.1 Å². The minimum atomic E-state index is -0.582. The number of Topliss-reactive ketones (excluding diaryl/α,β-unsaturated/α-hetero) is 1. The van der Waals surface area contributed by atoms with Crippen LogP contribution in [0.5, 0.6) is 0 Å². The van der Waals surface area contributed by atoms with Gasteiger partial charge in [0, 0.05) is 50.1 Å². The molecule has 0 aliphatic carbocycles. The number of nitrogens with zero attached hydrogens (tertiary/aromatic N) is 3. The zero-order valence-corrected chi connectivity index (χ0v) is 15.4. The van der Waals surface area contributed by atoms with Gasteiger partial charge in [-0.25, -0.2) is 0 Å². The molecule has 6 nitrogen and oxygen atoms in total. The third kappa shape index (κ3) is 4.39. The van der Waals surface area contributed by atoms with E-state index >= 15 is 0 Å². The average molecular weight is 365 g/mol. The molecule has 140 valence electrons. The van der Waals surface area contributed by atoms with Crippen molar-refractivity contribution in [2.24, 2.45) is 0 Å². The Bertz CT molecular complexity index is 808. The highest BCUT2D eigenvalue weighted by Crippen LogP contribution is 2.18. The fraction of sp³-hybridized carbons (Fsp3) is 0.333. The first-order valence-electron chi connectivity index (χ1n) is 9.17. The lowest BCUT2D eigenvalue weighted by atomic mass is 10.1. The maximum absolute atomic E-state index is 12.7. The lowest BCUT2D eigenvalue weighted by Gasteiger charge is -2.31. The van der Waals surface area contributed by atoms with Crippen molar-refractivity contribution in [3.8, 4) is 0 Å². The van der Waals surface area contributed by atoms with Crippen LogP contribution in [0.25, 0.3) is 0 Å². The van der Waals surface area contributed by atoms with Crippen LogP contribution < -0.4 is 0 Å². The molecule has 0 saturated carbocycles. The van der Waals surface area contributed by atoms with E-state index in [-0.39, 0.29) is 30.5 Å². The summed E-state index contributed by atoms with van der Waals surface area (Å²) in [4.78, 5) is 45.1. The van der Waals surface area contributed by atoms with Gasteiger partial charge in [-0.2, -0.15) is 0 Å². The van der Waals surface area contributed by atoms with Crippen LogP contribution in [0.3, 0.4) is 0 Å². The average Bonchev–Trinajstić information content (AvgIpc) is 2.87. The lowest BCUT2D eigenvalue weighted by molar-refractivity contribution is -0.133. The van der Waals surface area contributed by atoms with E-state index in [2.05, 4.69) is 4.98 Å². The number of ketones is 1. The molecule has 1 aromatic heterocycles. The van der Waals surface area contributed by atoms with Gasteiger partial charge in [-0.05, 0) is 24.1 Å². The van der Waals surface area contributed by atoms with Gasteiger partial charge in [0.15, 0.2) is 0 Å². The van der Waals surface area contributed by atoms with Crippen LogP contribution >= 0.6 is 0 Å². The maximum Gasteiger partial charge on any atom is 0.295 e. The topological polar surface area (TPSA) is 70.6 Å². The number of carbonyl (C=O) groups is 3. The Morgan fingerprint density at radius 3 is 2.59 bits per heavy atom. The molecule has 1 aromatic carbocycles. The van der Waals surface area contributed by atoms with Crippen molar-refractivity contribution < 1.29 is 14.4 Å². The molecule has 3 rings (SSSR count). The third-order valence-corrected chi connectivity index (χ3v) is 4.86. The van der Waals surface area contributed by atoms with Crippen LogP contribution in [0, 0.1) is 0 Å². The molecule has 2 heterocycles. The van der Waals surface area contributed by atoms with E-state index in [9.17, 15) is 14.4 Å². The van der Waals surface area contributed by atoms with Crippen LogP contribution in [-0.2, 0) is 16.1 Å². The smallest absolute Gasteiger partial charge is 0.295 e. The van der Waals surface area contributed by atoms with Crippen LogP contribution in [0.15, 0.2) is 54.9 Å². The van der Waals surface area contributed by atoms with Crippen molar-refractivity contribution in [2.75, 3.05) is 13.1 Å². The second-order valence-electron chi connectivity index (χ2n) is 6.64. The Labute approximate surface area is 158 Å². The van der Waals surface area contributed by atoms with E-state index in [0.29, 0.717) is 19.5 Å². The highest BCUT2D eigenvalue weighted by Gasteiger charge is 2.33. The molecule has 6 heteroatoms. The van der Waals surface area contributed by atoms with E-state index in [0.717, 1.165) is 5.56 Å². The standard InChI is InChI=1S/C21H23N3O3/c1-2-18-15-23(21(27)20(26)17-9-6-11-22-13-17)12-10-19(25)24(18)14-16-7-4-3-5-8-16/h3-9,11,13,18H,2,10,12,14-15H2,1H3/t18-/m1/s1. The largest absolute Gasteiger partial charge is 0.334 e. The Morgan fingerprint density at radius 1 is 1.15 bits per heavy atom. The molecular formula is C21H23N3O3. The predicted molar refractivity (Wildman–Crippen MR) is 101 cm³/mol. The molecular weight excluding hydrogens is 342 g/mol. The minimum absolute atomic E-state index is 0.00910. The van der Waals surface area contributed by atoms with Crippen molar-refractivity contribution in [1.29, 1.82) is 0 Å². The van der Waals surface area contributed by atoms with Gasteiger partial charge in [0.1, 0.15) is 0 Å². The molecule has 1 aliphatic heterocycles. The number of hydrogen-bond acceptors (Lipinski definition) is 4. The summed E-state index contributed by atoms with van der Waals surface area (Å²) in [5.74, 6) is -1.15. The van der Waals surface area contributed by atoms with Crippen molar-refractivity contribution in [3.05, 3.63) is 66.0 Å². The molecule has 1 fully saturated rings. The Balaban J connectivity index is 1.76. The van der Waals surface area contributed by atoms with E-state index in [1.807, 2.05) is 42.2 Å². The van der Waals surface area contributed by atoms with Crippen molar-refractivity contribution in [1.82, 2.24) is 14.8 Å². The Kier molecular flexibility index (Phi) is 5.96. The summed E-state index contributed by atoms with van der Waals surface area (Å²) in [6, 6.07) is 12.9. The minimum Gasteiger partial charge on any atom is -0.334 e. The normalized spacial score (nSPS) is 17.5. The van der Waals surface area contributed by atoms with Gasteiger partial charge in [0.25, 0.3) is 11.7 Å². The van der Waals surface area contributed by atoms with Gasteiger partial charge in [0.2, 0.25) is 5.91 Å². The Hall–Kier alpha value is -3.02. The summed E-state index contributed by atoms with van der Waals surface area (Å²) in [5.41, 5.74) is 1.32. The summed E-state index contributed by atoms with van der Waals surface area (Å²) >= 11 is 0. The molecule has 0 spiro atoms. The van der Waals surface area contributed by atoms with Crippen LogP contribution in [0.4, 0.5) is 0 Å². The van der Waals surface area contributed by atoms with Gasteiger partial charge in [-0.15, -0.1) is 0 Å². The number of amides is 2. The van der Waals surface area contributed by atoms with Gasteiger partial charge in [-0.1, -0.05) is 37.3 Å². The molecule has 1 aliphatic rings. The lowest BCUT2D eigenvalue weighted by Crippen LogP contribution is -2.45. The molecule has 0 bridgehead atoms. The number of carbonyl (C=O) groups excluding carboxylic acids is 3. The number of pyridine rings is 1. The van der Waals surface area contributed by atoms with Crippen molar-refractivity contribution >= 4 is 17.6 Å². The van der Waals surface area contributed by atoms with Crippen LogP contribution in [0.2, 0.25) is 0 Å². The Morgan fingerprint density at radius 2 is 1.93 bits per heavy atom. The fourth-order valence-corrected chi connectivity index (χ4v) is 3.32. The second kappa shape index (κ2) is 8.58. The van der Waals surface area contributed by atoms with E-state index in [4.69, 9.17) is 0 Å². The zero-order chi connectivity index (χ0) is 19.2. The molecule has 2 aromatic rings. The number of aromatic nitrogens is 1. The van der Waals surface area contributed by atoms with Crippen molar-refractivity contribution in [2.45, 2.75) is 32.4 Å². The molecule has 0 N–H and O–H groups in total. The van der Waals surface area contributed by atoms with Gasteiger partial charge >= 0.3 is 0 Å². The number of benzene rings is 1. The van der Waals surface area contributed by atoms with E-state index < -0.39 is 11.7 Å². The maximum atomic E-state index is 12.7. The first-order chi connectivity index (χ1) is 13.1. The number of rotatable bonds is 5. The van der Waals surface area contributed by atoms with Gasteiger partial charge < -0.3 is 9.80 Å². The second-order valence-corrected chi connectivity index (χ2v) is 6.64. The predicted octanol–water partition coefficient (Wildman–Crippen LogP) is 2.30. The third-order valence-electron chi connectivity index (χ3n) is 4.86. The highest BCUT2D eigenvalue weighted by molar-refractivity contribution is 6.42. The first-order valence-corrected chi connectivity index (χ1v) is 9.17. The SMILES string of the molecule is CC[C@@H]1CN(C(=O)C(=O)c2cccnc2)CCC(=O)N1Cc1ccccc1. The molecule has 0 unspecified atom stereocenters. The van der Waals surface area contributed by atoms with Crippen molar-refractivity contribution in [3.63, 3.8) is 0 Å². The molecule has 0 radical (unpaired) electrons. The fourth-order valence-electron chi connectivity index (χ4n) is 3.32. The summed E-state index contributed by atoms with van der Waals surface area (Å²) in [7, 11) is 0. The highest BCUT2D eigenvalue weighted by atomic mass is 16.2. The molecule has 2 amide bonds. The van der Waals surface area contributed by atoms with Crippen LogP contribution in [-0.4, -0.2) is 51.5 Å². The molecule has 1 atom stereocenters. The quantitative estimate of drug-likeness (QED) is 0.602. The summed E-state index contributed by atoms with van der Waals surface area (Å²) in [5, 5.41) is 0. The first kappa shape index (κ1) is 18.8. The van der Waals surface area contributed by atoms with Gasteiger partial charge in [-0.3, -0.25) is 19.4 Å². The van der Waals surface area contributed by atoms with Crippen LogP contribution in [0.1, 0.15) is 35.7 Å². The molecule has 1 saturated heterocycles. The number of hydrogen-bond donors (Lipinski definition) is 0. The van der Waals surface area contributed by atoms with E-state index in [1.54, 1.807) is 18.3 Å². The van der Waals surface area contributed by atoms with Gasteiger partial charge in [0.05, 0.1) is 0 Å². The monoisotopic (exact) mass is 365 g/mol. The summed E-state index contributed by atoms with van der Waals surface area (Å²) < 4.78 is 0.